The molecule has 0 saturated carbocycles. The van der Waals surface area contributed by atoms with Crippen LogP contribution in [0.5, 0.6) is 0 Å². The van der Waals surface area contributed by atoms with Gasteiger partial charge in [0.1, 0.15) is 0 Å². The standard InChI is InChI=1S/C44H30N2/c1-44(2)36-21-11-9-19-32(36)41-37(44)25-35(34-24-28-15-5-6-16-29(28)39(34)41)42-33-20-10-12-22-38(33)45-43(46-42)40-30-17-7-3-13-26(30)23-27-14-4-8-18-31(27)40/h3-23,25H,24H2,1-2H3. The van der Waals surface area contributed by atoms with Crippen molar-refractivity contribution in [1.29, 1.82) is 0 Å². The highest BCUT2D eigenvalue weighted by molar-refractivity contribution is 6.12. The summed E-state index contributed by atoms with van der Waals surface area (Å²) in [6.45, 7) is 4.75. The van der Waals surface area contributed by atoms with Crippen molar-refractivity contribution < 1.29 is 0 Å². The monoisotopic (exact) mass is 586 g/mol. The molecule has 10 rings (SSSR count). The van der Waals surface area contributed by atoms with Crippen LogP contribution in [0.3, 0.4) is 0 Å². The molecule has 0 fully saturated rings. The van der Waals surface area contributed by atoms with Gasteiger partial charge in [-0.05, 0) is 90.7 Å². The molecule has 2 heteroatoms. The summed E-state index contributed by atoms with van der Waals surface area (Å²) in [5, 5.41) is 5.82. The van der Waals surface area contributed by atoms with Gasteiger partial charge in [0.25, 0.3) is 0 Å². The van der Waals surface area contributed by atoms with Crippen molar-refractivity contribution in [3.05, 3.63) is 156 Å². The van der Waals surface area contributed by atoms with E-state index in [0.717, 1.165) is 34.4 Å². The first-order chi connectivity index (χ1) is 22.6. The van der Waals surface area contributed by atoms with E-state index in [1.807, 2.05) is 0 Å². The van der Waals surface area contributed by atoms with E-state index in [-0.39, 0.29) is 5.41 Å². The fraction of sp³-hybridized carbons (Fsp3) is 0.0909. The summed E-state index contributed by atoms with van der Waals surface area (Å²) in [7, 11) is 0. The molecule has 216 valence electrons. The Morgan fingerprint density at radius 1 is 0.500 bits per heavy atom. The molecule has 0 amide bonds. The first kappa shape index (κ1) is 25.7. The van der Waals surface area contributed by atoms with Gasteiger partial charge in [-0.3, -0.25) is 0 Å². The summed E-state index contributed by atoms with van der Waals surface area (Å²) in [5.41, 5.74) is 15.1. The Balaban J connectivity index is 1.34. The predicted molar refractivity (Wildman–Crippen MR) is 191 cm³/mol. The minimum Gasteiger partial charge on any atom is -0.228 e. The van der Waals surface area contributed by atoms with Gasteiger partial charge in [-0.2, -0.15) is 0 Å². The maximum absolute atomic E-state index is 5.59. The highest BCUT2D eigenvalue weighted by Gasteiger charge is 2.40. The lowest BCUT2D eigenvalue weighted by Gasteiger charge is -2.24. The molecule has 0 bridgehead atoms. The second kappa shape index (κ2) is 9.22. The van der Waals surface area contributed by atoms with Gasteiger partial charge in [-0.15, -0.1) is 0 Å². The van der Waals surface area contributed by atoms with Gasteiger partial charge in [0, 0.05) is 21.9 Å². The third-order valence-electron chi connectivity index (χ3n) is 10.5. The molecular formula is C44H30N2. The van der Waals surface area contributed by atoms with Crippen molar-refractivity contribution in [3.63, 3.8) is 0 Å². The maximum Gasteiger partial charge on any atom is 0.161 e. The van der Waals surface area contributed by atoms with Crippen molar-refractivity contribution in [2.24, 2.45) is 0 Å². The smallest absolute Gasteiger partial charge is 0.161 e. The lowest BCUT2D eigenvalue weighted by Crippen LogP contribution is -2.15. The van der Waals surface area contributed by atoms with Crippen LogP contribution in [-0.4, -0.2) is 9.97 Å². The molecule has 0 unspecified atom stereocenters. The average Bonchev–Trinajstić information content (AvgIpc) is 3.59. The summed E-state index contributed by atoms with van der Waals surface area (Å²) in [6, 6.07) is 48.5. The SMILES string of the molecule is CC1(C)c2ccccc2-c2c1cc(-c1nc(-c3c4ccccc4cc4ccccc34)nc3ccccc13)c1c2-c2ccccc2C1. The van der Waals surface area contributed by atoms with Crippen LogP contribution in [-0.2, 0) is 11.8 Å². The van der Waals surface area contributed by atoms with Crippen LogP contribution in [0.25, 0.3) is 77.3 Å². The highest BCUT2D eigenvalue weighted by Crippen LogP contribution is 2.57. The molecule has 0 atom stereocenters. The first-order valence-electron chi connectivity index (χ1n) is 16.1. The zero-order valence-electron chi connectivity index (χ0n) is 25.8. The fourth-order valence-corrected chi connectivity index (χ4v) is 8.34. The Labute approximate surface area is 268 Å². The summed E-state index contributed by atoms with van der Waals surface area (Å²) in [6.07, 6.45) is 0.890. The van der Waals surface area contributed by atoms with Gasteiger partial charge in [-0.1, -0.05) is 129 Å². The Bertz CT molecular complexity index is 2540. The van der Waals surface area contributed by atoms with Crippen molar-refractivity contribution in [3.8, 4) is 44.9 Å². The van der Waals surface area contributed by atoms with Crippen molar-refractivity contribution in [1.82, 2.24) is 9.97 Å². The normalized spacial score (nSPS) is 14.0. The molecule has 8 aromatic rings. The van der Waals surface area contributed by atoms with Crippen molar-refractivity contribution >= 4 is 32.4 Å². The molecule has 0 saturated heterocycles. The minimum atomic E-state index is -0.134. The summed E-state index contributed by atoms with van der Waals surface area (Å²) >= 11 is 0. The van der Waals surface area contributed by atoms with E-state index in [2.05, 4.69) is 147 Å². The average molecular weight is 587 g/mol. The molecule has 46 heavy (non-hydrogen) atoms. The Kier molecular flexibility index (Phi) is 5.15. The minimum absolute atomic E-state index is 0.134. The number of aromatic nitrogens is 2. The van der Waals surface area contributed by atoms with E-state index in [9.17, 15) is 0 Å². The largest absolute Gasteiger partial charge is 0.228 e. The lowest BCUT2D eigenvalue weighted by molar-refractivity contribution is 0.660. The topological polar surface area (TPSA) is 25.8 Å². The van der Waals surface area contributed by atoms with Crippen LogP contribution in [0.1, 0.15) is 36.1 Å². The Morgan fingerprint density at radius 3 is 1.91 bits per heavy atom. The Morgan fingerprint density at radius 2 is 1.13 bits per heavy atom. The van der Waals surface area contributed by atoms with Gasteiger partial charge < -0.3 is 0 Å². The Hall–Kier alpha value is -5.60. The van der Waals surface area contributed by atoms with Gasteiger partial charge in [0.2, 0.25) is 0 Å². The number of nitrogens with zero attached hydrogens (tertiary/aromatic N) is 2. The molecule has 1 aromatic heterocycles. The molecule has 7 aromatic carbocycles. The van der Waals surface area contributed by atoms with E-state index in [1.54, 1.807) is 0 Å². The van der Waals surface area contributed by atoms with E-state index >= 15 is 0 Å². The van der Waals surface area contributed by atoms with Crippen molar-refractivity contribution in [2.45, 2.75) is 25.7 Å². The van der Waals surface area contributed by atoms with Crippen LogP contribution in [0.15, 0.2) is 133 Å². The van der Waals surface area contributed by atoms with Gasteiger partial charge in [0.15, 0.2) is 5.82 Å². The van der Waals surface area contributed by atoms with E-state index in [4.69, 9.17) is 9.97 Å². The number of fused-ring (bicyclic) bond motifs is 10. The summed E-state index contributed by atoms with van der Waals surface area (Å²) in [4.78, 5) is 10.9. The molecule has 0 radical (unpaired) electrons. The molecule has 0 N–H and O–H groups in total. The van der Waals surface area contributed by atoms with Crippen LogP contribution in [0, 0.1) is 0 Å². The third kappa shape index (κ3) is 3.42. The maximum atomic E-state index is 5.59. The van der Waals surface area contributed by atoms with Gasteiger partial charge in [-0.25, -0.2) is 9.97 Å². The molecule has 2 aliphatic carbocycles. The second-order valence-electron chi connectivity index (χ2n) is 13.3. The van der Waals surface area contributed by atoms with Crippen LogP contribution in [0.2, 0.25) is 0 Å². The number of rotatable bonds is 2. The van der Waals surface area contributed by atoms with E-state index < -0.39 is 0 Å². The first-order valence-corrected chi connectivity index (χ1v) is 16.1. The summed E-state index contributed by atoms with van der Waals surface area (Å²) in [5.74, 6) is 0.772. The molecule has 2 nitrogen and oxygen atoms in total. The lowest BCUT2D eigenvalue weighted by atomic mass is 9.80. The predicted octanol–water partition coefficient (Wildman–Crippen LogP) is 11.1. The number of hydrogen-bond acceptors (Lipinski definition) is 2. The van der Waals surface area contributed by atoms with E-state index in [0.29, 0.717) is 0 Å². The molecule has 0 aliphatic heterocycles. The number of para-hydroxylation sites is 1. The number of benzene rings is 7. The van der Waals surface area contributed by atoms with Crippen molar-refractivity contribution in [2.75, 3.05) is 0 Å². The van der Waals surface area contributed by atoms with Gasteiger partial charge >= 0.3 is 0 Å². The van der Waals surface area contributed by atoms with Crippen LogP contribution < -0.4 is 0 Å². The quantitative estimate of drug-likeness (QED) is 0.188. The second-order valence-corrected chi connectivity index (χ2v) is 13.3. The fourth-order valence-electron chi connectivity index (χ4n) is 8.34. The third-order valence-corrected chi connectivity index (χ3v) is 10.5. The molecule has 1 heterocycles. The molecule has 0 spiro atoms. The zero-order valence-corrected chi connectivity index (χ0v) is 25.8. The van der Waals surface area contributed by atoms with Gasteiger partial charge in [0.05, 0.1) is 11.2 Å². The zero-order chi connectivity index (χ0) is 30.6. The molecule has 2 aliphatic rings. The molecular weight excluding hydrogens is 556 g/mol. The van der Waals surface area contributed by atoms with Crippen LogP contribution >= 0.6 is 0 Å². The van der Waals surface area contributed by atoms with Crippen LogP contribution in [0.4, 0.5) is 0 Å². The highest BCUT2D eigenvalue weighted by atomic mass is 14.9. The number of hydrogen-bond donors (Lipinski definition) is 0. The van der Waals surface area contributed by atoms with E-state index in [1.165, 1.54) is 71.6 Å². The summed E-state index contributed by atoms with van der Waals surface area (Å²) < 4.78 is 0.